The lowest BCUT2D eigenvalue weighted by Crippen LogP contribution is -2.68. The number of alkyl halides is 2. The van der Waals surface area contributed by atoms with Gasteiger partial charge in [0.25, 0.3) is 6.43 Å². The highest BCUT2D eigenvalue weighted by molar-refractivity contribution is 7.13. The summed E-state index contributed by atoms with van der Waals surface area (Å²) in [6.07, 6.45) is 0.503. The summed E-state index contributed by atoms with van der Waals surface area (Å²) in [7, 11) is 0. The molecule has 4 aliphatic rings. The van der Waals surface area contributed by atoms with Crippen molar-refractivity contribution in [3.05, 3.63) is 41.2 Å². The Bertz CT molecular complexity index is 1660. The van der Waals surface area contributed by atoms with Crippen molar-refractivity contribution in [2.75, 3.05) is 62.3 Å². The largest absolute Gasteiger partial charge is 0.480 e. The number of hydrogen-bond donors (Lipinski definition) is 1. The minimum absolute atomic E-state index is 0.0441. The molecule has 0 unspecified atom stereocenters. The number of thiophene rings is 1. The number of carboxylic acids is 1. The highest BCUT2D eigenvalue weighted by Gasteiger charge is 2.50. The molecule has 4 saturated heterocycles. The Morgan fingerprint density at radius 3 is 2.74 bits per heavy atom. The number of ether oxygens (including phenoxy) is 3. The summed E-state index contributed by atoms with van der Waals surface area (Å²) in [6, 6.07) is 4.27. The zero-order chi connectivity index (χ0) is 32.5. The Kier molecular flexibility index (Phi) is 8.93. The van der Waals surface area contributed by atoms with E-state index in [1.807, 2.05) is 6.07 Å². The molecule has 1 N–H and O–H groups in total. The van der Waals surface area contributed by atoms with Crippen LogP contribution in [0.2, 0.25) is 0 Å². The van der Waals surface area contributed by atoms with Gasteiger partial charge in [-0.1, -0.05) is 17.9 Å². The van der Waals surface area contributed by atoms with Crippen LogP contribution in [-0.4, -0.2) is 112 Å². The number of pyridine rings is 1. The Morgan fingerprint density at radius 1 is 1.21 bits per heavy atom. The number of aromatic nitrogens is 4. The van der Waals surface area contributed by atoms with E-state index in [2.05, 4.69) is 48.5 Å². The Morgan fingerprint density at radius 2 is 2.04 bits per heavy atom. The SMILES string of the molecule is C[C@@H]1N(c2cc(C#CCN3CCCC3)cnc2O[C@H]2C[C@@H](C(=O)O)N(c3nc(-c4cccs4)nc(C(F)F)n3)C2)CCOC12COC2. The van der Waals surface area contributed by atoms with Gasteiger partial charge in [0, 0.05) is 24.7 Å². The smallest absolute Gasteiger partial charge is 0.326 e. The molecule has 4 aliphatic heterocycles. The van der Waals surface area contributed by atoms with Crippen LogP contribution in [0.1, 0.15) is 44.0 Å². The van der Waals surface area contributed by atoms with Gasteiger partial charge in [-0.15, -0.1) is 11.3 Å². The van der Waals surface area contributed by atoms with Crippen molar-refractivity contribution < 1.29 is 32.9 Å². The molecule has 12 nitrogen and oxygen atoms in total. The highest BCUT2D eigenvalue weighted by atomic mass is 32.1. The third kappa shape index (κ3) is 6.47. The van der Waals surface area contributed by atoms with Gasteiger partial charge in [0.1, 0.15) is 23.4 Å². The van der Waals surface area contributed by atoms with Crippen LogP contribution in [0.4, 0.5) is 20.4 Å². The van der Waals surface area contributed by atoms with Gasteiger partial charge in [0.05, 0.1) is 43.8 Å². The summed E-state index contributed by atoms with van der Waals surface area (Å²) in [5.74, 6) is 4.93. The number of carbonyl (C=O) groups is 1. The van der Waals surface area contributed by atoms with E-state index in [1.54, 1.807) is 23.7 Å². The lowest BCUT2D eigenvalue weighted by molar-refractivity contribution is -0.228. The monoisotopic (exact) mass is 667 g/mol. The molecule has 0 amide bonds. The molecule has 3 atom stereocenters. The van der Waals surface area contributed by atoms with Gasteiger partial charge in [0.2, 0.25) is 17.7 Å². The quantitative estimate of drug-likeness (QED) is 0.354. The van der Waals surface area contributed by atoms with Gasteiger partial charge >= 0.3 is 5.97 Å². The van der Waals surface area contributed by atoms with Crippen LogP contribution in [-0.2, 0) is 14.3 Å². The molecule has 1 spiro atoms. The molecule has 4 fully saturated rings. The average molecular weight is 668 g/mol. The Hall–Kier alpha value is -3.97. The second-order valence-electron chi connectivity index (χ2n) is 12.2. The molecular formula is C32H35F2N7O5S. The number of aliphatic carboxylic acids is 1. The third-order valence-corrected chi connectivity index (χ3v) is 10.0. The van der Waals surface area contributed by atoms with E-state index in [1.165, 1.54) is 29.1 Å². The number of nitrogens with zero attached hydrogens (tertiary/aromatic N) is 7. The number of halogens is 2. The number of rotatable bonds is 8. The van der Waals surface area contributed by atoms with Crippen LogP contribution in [0, 0.1) is 11.8 Å². The maximum atomic E-state index is 13.9. The first-order valence-electron chi connectivity index (χ1n) is 15.7. The summed E-state index contributed by atoms with van der Waals surface area (Å²) >= 11 is 1.29. The molecule has 0 radical (unpaired) electrons. The maximum absolute atomic E-state index is 13.9. The van der Waals surface area contributed by atoms with Gasteiger partial charge in [-0.3, -0.25) is 4.90 Å². The van der Waals surface area contributed by atoms with Gasteiger partial charge in [0.15, 0.2) is 5.82 Å². The van der Waals surface area contributed by atoms with Crippen molar-refractivity contribution in [3.8, 4) is 28.4 Å². The first-order chi connectivity index (χ1) is 22.8. The summed E-state index contributed by atoms with van der Waals surface area (Å²) < 4.78 is 45.9. The molecule has 0 aliphatic carbocycles. The number of likely N-dealkylation sites (tertiary alicyclic amines) is 1. The minimum Gasteiger partial charge on any atom is -0.480 e. The molecule has 7 heterocycles. The van der Waals surface area contributed by atoms with Crippen molar-refractivity contribution in [1.29, 1.82) is 0 Å². The van der Waals surface area contributed by atoms with Crippen LogP contribution in [0.3, 0.4) is 0 Å². The van der Waals surface area contributed by atoms with E-state index >= 15 is 0 Å². The van der Waals surface area contributed by atoms with Crippen molar-refractivity contribution in [3.63, 3.8) is 0 Å². The second kappa shape index (κ2) is 13.3. The maximum Gasteiger partial charge on any atom is 0.326 e. The third-order valence-electron chi connectivity index (χ3n) is 9.18. The topological polar surface area (TPSA) is 126 Å². The average Bonchev–Trinajstić information content (AvgIpc) is 3.84. The van der Waals surface area contributed by atoms with Crippen LogP contribution in [0.15, 0.2) is 29.8 Å². The van der Waals surface area contributed by atoms with E-state index in [0.29, 0.717) is 43.7 Å². The molecule has 15 heteroatoms. The van der Waals surface area contributed by atoms with Crippen LogP contribution in [0.25, 0.3) is 10.7 Å². The first-order valence-corrected chi connectivity index (χ1v) is 16.6. The number of carboxylic acid groups (broad SMARTS) is 1. The van der Waals surface area contributed by atoms with Crippen molar-refractivity contribution in [1.82, 2.24) is 24.8 Å². The zero-order valence-electron chi connectivity index (χ0n) is 25.8. The highest BCUT2D eigenvalue weighted by Crippen LogP contribution is 2.39. The van der Waals surface area contributed by atoms with E-state index < -0.39 is 36.0 Å². The van der Waals surface area contributed by atoms with Gasteiger partial charge in [-0.2, -0.15) is 9.97 Å². The molecule has 248 valence electrons. The van der Waals surface area contributed by atoms with Crippen molar-refractivity contribution in [2.24, 2.45) is 0 Å². The summed E-state index contributed by atoms with van der Waals surface area (Å²) in [5.41, 5.74) is 1.03. The summed E-state index contributed by atoms with van der Waals surface area (Å²) in [6.45, 7) is 6.99. The predicted octanol–water partition coefficient (Wildman–Crippen LogP) is 3.49. The summed E-state index contributed by atoms with van der Waals surface area (Å²) in [4.78, 5) is 35.9. The fourth-order valence-corrected chi connectivity index (χ4v) is 7.18. The second-order valence-corrected chi connectivity index (χ2v) is 13.1. The molecule has 7 rings (SSSR count). The molecular weight excluding hydrogens is 632 g/mol. The molecule has 0 aromatic carbocycles. The van der Waals surface area contributed by atoms with Crippen molar-refractivity contribution in [2.45, 2.75) is 56.4 Å². The van der Waals surface area contributed by atoms with Crippen molar-refractivity contribution >= 4 is 28.9 Å². The van der Waals surface area contributed by atoms with Crippen LogP contribution in [0.5, 0.6) is 5.88 Å². The van der Waals surface area contributed by atoms with Gasteiger partial charge in [-0.25, -0.2) is 23.5 Å². The number of morpholine rings is 1. The number of hydrogen-bond acceptors (Lipinski definition) is 12. The zero-order valence-corrected chi connectivity index (χ0v) is 26.7. The number of anilines is 2. The fourth-order valence-electron chi connectivity index (χ4n) is 6.52. The van der Waals surface area contributed by atoms with E-state index in [9.17, 15) is 18.7 Å². The molecule has 3 aromatic rings. The standard InChI is InChI=1S/C32H35F2N7O5S/c1-20-32(18-44-19-32)45-12-11-40(20)23-14-21(6-4-10-39-8-2-3-9-39)16-35-29(23)46-22-15-24(30(42)43)41(17-22)31-37-27(25-7-5-13-47-25)36-28(38-31)26(33)34/h5,7,13-14,16,20,22,24,26H,2-3,8-12,15,17-19H2,1H3,(H,42,43)/t20-,22-,24-/m0/s1. The van der Waals surface area contributed by atoms with E-state index in [-0.39, 0.29) is 30.8 Å². The molecule has 0 bridgehead atoms. The first kappa shape index (κ1) is 31.6. The fraction of sp³-hybridized carbons (Fsp3) is 0.531. The predicted molar refractivity (Wildman–Crippen MR) is 169 cm³/mol. The van der Waals surface area contributed by atoms with E-state index in [4.69, 9.17) is 14.2 Å². The lowest BCUT2D eigenvalue weighted by atomic mass is 9.90. The molecule has 0 saturated carbocycles. The molecule has 3 aromatic heterocycles. The van der Waals surface area contributed by atoms with Crippen LogP contribution >= 0.6 is 11.3 Å². The molecule has 47 heavy (non-hydrogen) atoms. The normalized spacial score (nSPS) is 24.0. The van der Waals surface area contributed by atoms with Crippen LogP contribution < -0.4 is 14.5 Å². The van der Waals surface area contributed by atoms with Gasteiger partial charge in [-0.05, 0) is 50.4 Å². The Balaban J connectivity index is 1.18. The summed E-state index contributed by atoms with van der Waals surface area (Å²) in [5, 5.41) is 11.9. The minimum atomic E-state index is -2.96. The Labute approximate surface area is 274 Å². The van der Waals surface area contributed by atoms with E-state index in [0.717, 1.165) is 24.3 Å². The lowest BCUT2D eigenvalue weighted by Gasteiger charge is -2.53. The van der Waals surface area contributed by atoms with Gasteiger partial charge < -0.3 is 29.1 Å².